The third-order valence-corrected chi connectivity index (χ3v) is 4.72. The molecule has 1 saturated carbocycles. The summed E-state index contributed by atoms with van der Waals surface area (Å²) in [5, 5.41) is 19.0. The first kappa shape index (κ1) is 13.1. The van der Waals surface area contributed by atoms with Gasteiger partial charge in [-0.05, 0) is 6.07 Å². The maximum Gasteiger partial charge on any atom is 0.351 e. The third kappa shape index (κ3) is 1.39. The number of fused-ring (bicyclic) bond motifs is 1. The van der Waals surface area contributed by atoms with Gasteiger partial charge in [-0.3, -0.25) is 4.57 Å². The van der Waals surface area contributed by atoms with Crippen LogP contribution in [-0.4, -0.2) is 48.3 Å². The maximum atomic E-state index is 11.7. The highest BCUT2D eigenvalue weighted by Gasteiger charge is 2.86. The molecule has 19 heavy (non-hydrogen) atoms. The average molecular weight is 308 g/mol. The van der Waals surface area contributed by atoms with Gasteiger partial charge in [-0.25, -0.2) is 4.79 Å². The minimum Gasteiger partial charge on any atom is -0.387 e. The number of alkyl halides is 2. The van der Waals surface area contributed by atoms with Crippen LogP contribution in [0.25, 0.3) is 0 Å². The Morgan fingerprint density at radius 3 is 2.84 bits per heavy atom. The van der Waals surface area contributed by atoms with Crippen LogP contribution in [0.1, 0.15) is 6.23 Å². The zero-order chi connectivity index (χ0) is 14.0. The van der Waals surface area contributed by atoms with Crippen LogP contribution >= 0.6 is 23.2 Å². The fourth-order valence-corrected chi connectivity index (χ4v) is 3.46. The van der Waals surface area contributed by atoms with Crippen LogP contribution in [0, 0.1) is 0 Å². The number of aromatic nitrogens is 2. The summed E-state index contributed by atoms with van der Waals surface area (Å²) in [6.07, 6.45) is -0.768. The Kier molecular flexibility index (Phi) is 2.65. The Morgan fingerprint density at radius 2 is 2.32 bits per heavy atom. The van der Waals surface area contributed by atoms with E-state index in [4.69, 9.17) is 33.7 Å². The van der Waals surface area contributed by atoms with Gasteiger partial charge in [0.1, 0.15) is 28.5 Å². The van der Waals surface area contributed by atoms with Crippen LogP contribution in [0.3, 0.4) is 0 Å². The SMILES string of the molecule is Nc1ccn([C@@H]2O[C@]3(CCl)C(O)[C@]3(O)[C@H]2Cl)c(=O)n1. The molecule has 1 aromatic heterocycles. The molecule has 1 unspecified atom stereocenters. The second-order valence-electron chi connectivity index (χ2n) is 4.70. The number of nitrogens with zero attached hydrogens (tertiary/aromatic N) is 2. The van der Waals surface area contributed by atoms with E-state index in [1.807, 2.05) is 0 Å². The van der Waals surface area contributed by atoms with Crippen LogP contribution in [0.15, 0.2) is 17.1 Å². The predicted molar refractivity (Wildman–Crippen MR) is 67.1 cm³/mol. The maximum absolute atomic E-state index is 11.7. The fourth-order valence-electron chi connectivity index (χ4n) is 2.56. The second kappa shape index (κ2) is 3.83. The number of aliphatic hydroxyl groups is 2. The lowest BCUT2D eigenvalue weighted by Crippen LogP contribution is -2.37. The highest BCUT2D eigenvalue weighted by atomic mass is 35.5. The van der Waals surface area contributed by atoms with Crippen molar-refractivity contribution in [2.75, 3.05) is 11.6 Å². The number of hydrogen-bond donors (Lipinski definition) is 3. The number of anilines is 1. The Labute approximate surface area is 117 Å². The first-order valence-corrected chi connectivity index (χ1v) is 6.48. The number of rotatable bonds is 2. The van der Waals surface area contributed by atoms with Gasteiger partial charge >= 0.3 is 5.69 Å². The monoisotopic (exact) mass is 307 g/mol. The summed E-state index contributed by atoms with van der Waals surface area (Å²) in [5.41, 5.74) is 1.73. The molecule has 2 aliphatic rings. The molecular formula is C10H11Cl2N3O4. The minimum atomic E-state index is -1.66. The normalized spacial score (nSPS) is 44.1. The van der Waals surface area contributed by atoms with Crippen molar-refractivity contribution >= 4 is 29.0 Å². The van der Waals surface area contributed by atoms with Crippen molar-refractivity contribution in [1.29, 1.82) is 0 Å². The number of nitrogen functional groups attached to an aromatic ring is 1. The van der Waals surface area contributed by atoms with E-state index in [0.29, 0.717) is 0 Å². The summed E-state index contributed by atoms with van der Waals surface area (Å²) < 4.78 is 6.63. The first-order valence-electron chi connectivity index (χ1n) is 5.51. The molecule has 0 aromatic carbocycles. The largest absolute Gasteiger partial charge is 0.387 e. The van der Waals surface area contributed by atoms with E-state index in [-0.39, 0.29) is 11.7 Å². The van der Waals surface area contributed by atoms with Crippen molar-refractivity contribution in [3.63, 3.8) is 0 Å². The predicted octanol–water partition coefficient (Wildman–Crippen LogP) is -0.955. The van der Waals surface area contributed by atoms with E-state index in [0.717, 1.165) is 4.57 Å². The van der Waals surface area contributed by atoms with Gasteiger partial charge < -0.3 is 20.7 Å². The van der Waals surface area contributed by atoms with Crippen LogP contribution in [0.5, 0.6) is 0 Å². The Bertz CT molecular complexity index is 592. The van der Waals surface area contributed by atoms with Gasteiger partial charge in [0.05, 0.1) is 5.88 Å². The van der Waals surface area contributed by atoms with Crippen molar-refractivity contribution < 1.29 is 14.9 Å². The molecule has 2 fully saturated rings. The van der Waals surface area contributed by atoms with Gasteiger partial charge in [0.2, 0.25) is 0 Å². The van der Waals surface area contributed by atoms with E-state index >= 15 is 0 Å². The molecule has 7 nitrogen and oxygen atoms in total. The summed E-state index contributed by atoms with van der Waals surface area (Å²) in [6.45, 7) is 0. The molecule has 1 aliphatic carbocycles. The molecule has 0 bridgehead atoms. The molecule has 0 radical (unpaired) electrons. The molecule has 5 atom stereocenters. The lowest BCUT2D eigenvalue weighted by atomic mass is 10.2. The van der Waals surface area contributed by atoms with Crippen molar-refractivity contribution in [1.82, 2.24) is 9.55 Å². The first-order chi connectivity index (χ1) is 8.88. The Morgan fingerprint density at radius 1 is 1.63 bits per heavy atom. The smallest absolute Gasteiger partial charge is 0.351 e. The molecule has 1 aromatic rings. The van der Waals surface area contributed by atoms with Crippen molar-refractivity contribution in [3.05, 3.63) is 22.7 Å². The summed E-state index contributed by atoms with van der Waals surface area (Å²) >= 11 is 11.8. The molecule has 3 rings (SSSR count). The van der Waals surface area contributed by atoms with Gasteiger partial charge in [-0.15, -0.1) is 23.2 Å². The average Bonchev–Trinajstić information content (AvgIpc) is 2.73. The van der Waals surface area contributed by atoms with Crippen molar-refractivity contribution in [2.45, 2.75) is 28.9 Å². The second-order valence-corrected chi connectivity index (χ2v) is 5.44. The highest BCUT2D eigenvalue weighted by Crippen LogP contribution is 2.64. The van der Waals surface area contributed by atoms with Crippen LogP contribution in [0.4, 0.5) is 5.82 Å². The van der Waals surface area contributed by atoms with Crippen LogP contribution in [-0.2, 0) is 4.74 Å². The van der Waals surface area contributed by atoms with E-state index in [1.165, 1.54) is 12.3 Å². The van der Waals surface area contributed by atoms with Gasteiger partial charge in [0.15, 0.2) is 6.23 Å². The van der Waals surface area contributed by atoms with E-state index in [9.17, 15) is 15.0 Å². The molecular weight excluding hydrogens is 297 g/mol. The topological polar surface area (TPSA) is 111 Å². The molecule has 9 heteroatoms. The lowest BCUT2D eigenvalue weighted by Gasteiger charge is -2.22. The van der Waals surface area contributed by atoms with E-state index in [1.54, 1.807) is 0 Å². The number of nitrogens with two attached hydrogens (primary N) is 1. The van der Waals surface area contributed by atoms with Gasteiger partial charge in [0, 0.05) is 6.20 Å². The van der Waals surface area contributed by atoms with E-state index < -0.39 is 34.6 Å². The van der Waals surface area contributed by atoms with Gasteiger partial charge in [-0.1, -0.05) is 0 Å². The molecule has 1 aliphatic heterocycles. The summed E-state index contributed by atoms with van der Waals surface area (Å²) in [7, 11) is 0. The van der Waals surface area contributed by atoms with Crippen molar-refractivity contribution in [3.8, 4) is 0 Å². The highest BCUT2D eigenvalue weighted by molar-refractivity contribution is 6.23. The summed E-state index contributed by atoms with van der Waals surface area (Å²) in [5.74, 6) is -0.0667. The lowest BCUT2D eigenvalue weighted by molar-refractivity contribution is -0.0560. The molecule has 0 amide bonds. The zero-order valence-electron chi connectivity index (χ0n) is 9.53. The number of halogens is 2. The zero-order valence-corrected chi connectivity index (χ0v) is 11.0. The van der Waals surface area contributed by atoms with E-state index in [2.05, 4.69) is 4.98 Å². The third-order valence-electron chi connectivity index (χ3n) is 3.78. The van der Waals surface area contributed by atoms with Crippen LogP contribution < -0.4 is 11.4 Å². The van der Waals surface area contributed by atoms with Gasteiger partial charge in [0.25, 0.3) is 0 Å². The summed E-state index contributed by atoms with van der Waals surface area (Å²) in [6, 6.07) is 1.41. The number of ether oxygens (including phenoxy) is 1. The van der Waals surface area contributed by atoms with Crippen molar-refractivity contribution in [2.24, 2.45) is 0 Å². The molecule has 1 saturated heterocycles. The molecule has 4 N–H and O–H groups in total. The van der Waals surface area contributed by atoms with Crippen LogP contribution in [0.2, 0.25) is 0 Å². The molecule has 2 heterocycles. The summed E-state index contributed by atoms with van der Waals surface area (Å²) in [4.78, 5) is 15.3. The Hall–Kier alpha value is -0.860. The standard InChI is InChI=1S/C10H11Cl2N3O4/c11-3-9-7(16)10(9,18)5(12)6(19-9)15-2-1-4(13)14-8(15)17/h1-2,5-7,16,18H,3H2,(H2,13,14,17)/t5-,6+,7?,9+,10+/m0/s1. The molecule has 104 valence electrons. The molecule has 0 spiro atoms. The Balaban J connectivity index is 2.00. The quantitative estimate of drug-likeness (QED) is 0.607. The number of hydrogen-bond acceptors (Lipinski definition) is 6. The fraction of sp³-hybridized carbons (Fsp3) is 0.600. The van der Waals surface area contributed by atoms with Gasteiger partial charge in [-0.2, -0.15) is 4.98 Å². The number of aliphatic hydroxyl groups excluding tert-OH is 1. The minimum absolute atomic E-state index is 0.0707.